The van der Waals surface area contributed by atoms with Gasteiger partial charge in [-0.2, -0.15) is 0 Å². The molecule has 1 aliphatic rings. The fourth-order valence-corrected chi connectivity index (χ4v) is 4.76. The molecule has 30 heavy (non-hydrogen) atoms. The van der Waals surface area contributed by atoms with Crippen LogP contribution in [0.5, 0.6) is 0 Å². The number of alkyl halides is 1. The minimum absolute atomic E-state index is 0.0606. The van der Waals surface area contributed by atoms with Gasteiger partial charge in [-0.25, -0.2) is 9.37 Å². The van der Waals surface area contributed by atoms with Crippen LogP contribution in [-0.2, 0) is 11.3 Å². The van der Waals surface area contributed by atoms with Crippen LogP contribution in [0.2, 0.25) is 0 Å². The number of para-hydroxylation sites is 1. The lowest BCUT2D eigenvalue weighted by Gasteiger charge is -2.40. The lowest BCUT2D eigenvalue weighted by Crippen LogP contribution is -2.51. The minimum Gasteiger partial charge on any atom is -0.448 e. The van der Waals surface area contributed by atoms with E-state index in [1.807, 2.05) is 43.0 Å². The number of furan rings is 1. The highest BCUT2D eigenvalue weighted by Crippen LogP contribution is 2.40. The van der Waals surface area contributed by atoms with Gasteiger partial charge in [0.15, 0.2) is 0 Å². The Balaban J connectivity index is 1.96. The van der Waals surface area contributed by atoms with Gasteiger partial charge in [0.2, 0.25) is 11.5 Å². The van der Waals surface area contributed by atoms with E-state index in [0.29, 0.717) is 29.9 Å². The molecule has 1 aliphatic heterocycles. The SMILES string of the molecule is CC[C@]1(CN(C)CCF)C(=O)N(C)Cc2nc3c(oc4ccccc43)c(=O)n2[C@@H]1C. The van der Waals surface area contributed by atoms with E-state index in [4.69, 9.17) is 9.40 Å². The molecular weight excluding hydrogens is 387 g/mol. The lowest BCUT2D eigenvalue weighted by atomic mass is 9.76. The summed E-state index contributed by atoms with van der Waals surface area (Å²) in [6, 6.07) is 6.96. The normalized spacial score (nSPS) is 22.1. The quantitative estimate of drug-likeness (QED) is 0.642. The predicted molar refractivity (Wildman–Crippen MR) is 113 cm³/mol. The Kier molecular flexibility index (Phi) is 5.13. The molecule has 2 aromatic heterocycles. The smallest absolute Gasteiger partial charge is 0.297 e. The van der Waals surface area contributed by atoms with Crippen molar-refractivity contribution in [3.63, 3.8) is 0 Å². The number of aromatic nitrogens is 2. The van der Waals surface area contributed by atoms with Crippen LogP contribution in [0.1, 0.15) is 32.1 Å². The average molecular weight is 414 g/mol. The molecule has 3 heterocycles. The van der Waals surface area contributed by atoms with E-state index < -0.39 is 18.1 Å². The van der Waals surface area contributed by atoms with E-state index in [1.54, 1.807) is 23.6 Å². The van der Waals surface area contributed by atoms with Crippen molar-refractivity contribution < 1.29 is 13.6 Å². The van der Waals surface area contributed by atoms with Crippen LogP contribution in [0, 0.1) is 5.41 Å². The summed E-state index contributed by atoms with van der Waals surface area (Å²) >= 11 is 0. The molecule has 0 aliphatic carbocycles. The van der Waals surface area contributed by atoms with Gasteiger partial charge in [0.1, 0.15) is 23.6 Å². The van der Waals surface area contributed by atoms with E-state index in [-0.39, 0.29) is 30.1 Å². The predicted octanol–water partition coefficient (Wildman–Crippen LogP) is 2.97. The van der Waals surface area contributed by atoms with Gasteiger partial charge in [-0.1, -0.05) is 19.1 Å². The van der Waals surface area contributed by atoms with Gasteiger partial charge in [0, 0.05) is 25.5 Å². The third-order valence-corrected chi connectivity index (χ3v) is 6.49. The molecule has 4 rings (SSSR count). The lowest BCUT2D eigenvalue weighted by molar-refractivity contribution is -0.144. The van der Waals surface area contributed by atoms with Crippen molar-refractivity contribution in [3.05, 3.63) is 40.4 Å². The molecule has 1 amide bonds. The number of rotatable bonds is 5. The van der Waals surface area contributed by atoms with Crippen LogP contribution in [-0.4, -0.2) is 59.1 Å². The zero-order valence-corrected chi connectivity index (χ0v) is 17.8. The molecular formula is C22H27FN4O3. The summed E-state index contributed by atoms with van der Waals surface area (Å²) in [6.45, 7) is 4.13. The molecule has 3 aromatic rings. The Morgan fingerprint density at radius 2 is 2.07 bits per heavy atom. The van der Waals surface area contributed by atoms with Gasteiger partial charge >= 0.3 is 0 Å². The van der Waals surface area contributed by atoms with Gasteiger partial charge in [0.25, 0.3) is 5.56 Å². The molecule has 0 saturated carbocycles. The van der Waals surface area contributed by atoms with Gasteiger partial charge < -0.3 is 14.2 Å². The maximum absolute atomic E-state index is 13.6. The summed E-state index contributed by atoms with van der Waals surface area (Å²) in [4.78, 5) is 35.3. The number of hydrogen-bond acceptors (Lipinski definition) is 5. The van der Waals surface area contributed by atoms with Crippen molar-refractivity contribution in [3.8, 4) is 0 Å². The summed E-state index contributed by atoms with van der Waals surface area (Å²) in [5, 5.41) is 0.781. The molecule has 160 valence electrons. The van der Waals surface area contributed by atoms with E-state index in [2.05, 4.69) is 0 Å². The van der Waals surface area contributed by atoms with E-state index in [9.17, 15) is 14.0 Å². The first-order valence-electron chi connectivity index (χ1n) is 10.3. The monoisotopic (exact) mass is 414 g/mol. The van der Waals surface area contributed by atoms with Crippen molar-refractivity contribution >= 4 is 28.0 Å². The van der Waals surface area contributed by atoms with Crippen LogP contribution in [0.15, 0.2) is 33.5 Å². The second-order valence-electron chi connectivity index (χ2n) is 8.25. The Bertz CT molecular complexity index is 1170. The Hall–Kier alpha value is -2.74. The number of fused-ring (bicyclic) bond motifs is 4. The standard InChI is InChI=1S/C22H27FN4O3/c1-5-22(13-25(3)11-10-23)14(2)27-17(12-26(4)21(22)29)24-18-15-8-6-7-9-16(15)30-19(18)20(27)28/h6-9,14H,5,10-13H2,1-4H3/t14-,22-/m1/s1. The van der Waals surface area contributed by atoms with Crippen molar-refractivity contribution in [1.82, 2.24) is 19.4 Å². The van der Waals surface area contributed by atoms with Gasteiger partial charge in [-0.15, -0.1) is 0 Å². The summed E-state index contributed by atoms with van der Waals surface area (Å²) in [6.07, 6.45) is 0.512. The minimum atomic E-state index is -0.880. The highest BCUT2D eigenvalue weighted by atomic mass is 19.1. The van der Waals surface area contributed by atoms with Crippen molar-refractivity contribution in [2.24, 2.45) is 5.41 Å². The molecule has 0 radical (unpaired) electrons. The maximum Gasteiger partial charge on any atom is 0.297 e. The third kappa shape index (κ3) is 2.93. The first kappa shape index (κ1) is 20.5. The fraction of sp³-hybridized carbons (Fsp3) is 0.500. The highest BCUT2D eigenvalue weighted by Gasteiger charge is 2.48. The third-order valence-electron chi connectivity index (χ3n) is 6.49. The number of carbonyl (C=O) groups excluding carboxylic acids is 1. The second-order valence-corrected chi connectivity index (χ2v) is 8.25. The zero-order valence-electron chi connectivity index (χ0n) is 17.8. The molecule has 1 aromatic carbocycles. The number of benzene rings is 1. The van der Waals surface area contributed by atoms with Gasteiger partial charge in [-0.3, -0.25) is 14.2 Å². The van der Waals surface area contributed by atoms with Crippen LogP contribution >= 0.6 is 0 Å². The van der Waals surface area contributed by atoms with Crippen LogP contribution < -0.4 is 5.56 Å². The molecule has 8 heteroatoms. The van der Waals surface area contributed by atoms with Gasteiger partial charge in [0.05, 0.1) is 18.0 Å². The van der Waals surface area contributed by atoms with Gasteiger partial charge in [-0.05, 0) is 32.5 Å². The number of halogens is 1. The maximum atomic E-state index is 13.6. The average Bonchev–Trinajstić information content (AvgIpc) is 3.07. The number of nitrogens with zero attached hydrogens (tertiary/aromatic N) is 4. The Morgan fingerprint density at radius 3 is 2.77 bits per heavy atom. The van der Waals surface area contributed by atoms with E-state index in [1.165, 1.54) is 0 Å². The summed E-state index contributed by atoms with van der Waals surface area (Å²) < 4.78 is 20.4. The van der Waals surface area contributed by atoms with Crippen LogP contribution in [0.25, 0.3) is 22.1 Å². The number of carbonyl (C=O) groups is 1. The molecule has 0 saturated heterocycles. The van der Waals surface area contributed by atoms with Crippen molar-refractivity contribution in [2.45, 2.75) is 32.9 Å². The van der Waals surface area contributed by atoms with Crippen molar-refractivity contribution in [1.29, 1.82) is 0 Å². The number of hydrogen-bond donors (Lipinski definition) is 0. The van der Waals surface area contributed by atoms with Crippen LogP contribution in [0.3, 0.4) is 0 Å². The topological polar surface area (TPSA) is 71.6 Å². The fourth-order valence-electron chi connectivity index (χ4n) is 4.76. The molecule has 0 spiro atoms. The highest BCUT2D eigenvalue weighted by molar-refractivity contribution is 6.02. The molecule has 2 atom stereocenters. The van der Waals surface area contributed by atoms with Crippen molar-refractivity contribution in [2.75, 3.05) is 33.9 Å². The summed E-state index contributed by atoms with van der Waals surface area (Å²) in [7, 11) is 3.53. The molecule has 0 bridgehead atoms. The number of amides is 1. The van der Waals surface area contributed by atoms with E-state index >= 15 is 0 Å². The largest absolute Gasteiger partial charge is 0.448 e. The first-order valence-corrected chi connectivity index (χ1v) is 10.3. The second kappa shape index (κ2) is 7.50. The van der Waals surface area contributed by atoms with E-state index in [0.717, 1.165) is 5.39 Å². The molecule has 0 N–H and O–H groups in total. The Labute approximate surface area is 174 Å². The summed E-state index contributed by atoms with van der Waals surface area (Å²) in [5.74, 6) is 0.473. The zero-order chi connectivity index (χ0) is 21.6. The first-order chi connectivity index (χ1) is 14.3. The molecule has 7 nitrogen and oxygen atoms in total. The molecule has 0 fully saturated rings. The summed E-state index contributed by atoms with van der Waals surface area (Å²) in [5.41, 5.74) is 0.168. The van der Waals surface area contributed by atoms with Crippen LogP contribution in [0.4, 0.5) is 4.39 Å². The molecule has 0 unspecified atom stereocenters. The Morgan fingerprint density at radius 1 is 1.33 bits per heavy atom.